The lowest BCUT2D eigenvalue weighted by atomic mass is 10.2. The Morgan fingerprint density at radius 1 is 1.27 bits per heavy atom. The van der Waals surface area contributed by atoms with Gasteiger partial charge < -0.3 is 10.6 Å². The van der Waals surface area contributed by atoms with Crippen LogP contribution in [0.4, 0.5) is 11.6 Å². The van der Waals surface area contributed by atoms with E-state index < -0.39 is 0 Å². The maximum atomic E-state index is 4.69. The Kier molecular flexibility index (Phi) is 3.48. The van der Waals surface area contributed by atoms with Crippen LogP contribution in [0, 0.1) is 6.92 Å². The molecule has 0 amide bonds. The van der Waals surface area contributed by atoms with Gasteiger partial charge >= 0.3 is 0 Å². The Bertz CT molecular complexity index is 680. The molecular weight excluding hydrogens is 276 g/mol. The molecule has 0 aliphatic carbocycles. The van der Waals surface area contributed by atoms with E-state index in [2.05, 4.69) is 30.5 Å². The minimum Gasteiger partial charge on any atom is -0.323 e. The maximum Gasteiger partial charge on any atom is 0.227 e. The lowest BCUT2D eigenvalue weighted by Gasteiger charge is -2.21. The standard InChI is InChI=1S/C16H20N6/c1-11-4-13(7-18-5-11)20-16-19-6-12-9-22(10-15(12)21-16)14-2-3-17-8-14/h4-7,14,17H,2-3,8-10H2,1H3,(H,19,20,21). The van der Waals surface area contributed by atoms with Gasteiger partial charge in [0.15, 0.2) is 0 Å². The van der Waals surface area contributed by atoms with E-state index in [0.717, 1.165) is 43.1 Å². The van der Waals surface area contributed by atoms with E-state index in [4.69, 9.17) is 0 Å². The number of aryl methyl sites for hydroxylation is 1. The predicted molar refractivity (Wildman–Crippen MR) is 84.8 cm³/mol. The minimum absolute atomic E-state index is 0.631. The first-order valence-electron chi connectivity index (χ1n) is 7.76. The Labute approximate surface area is 130 Å². The molecule has 22 heavy (non-hydrogen) atoms. The number of rotatable bonds is 3. The molecule has 1 atom stereocenters. The molecule has 2 N–H and O–H groups in total. The average Bonchev–Trinajstić information content (AvgIpc) is 3.16. The van der Waals surface area contributed by atoms with Crippen molar-refractivity contribution in [3.63, 3.8) is 0 Å². The molecule has 4 rings (SSSR count). The highest BCUT2D eigenvalue weighted by atomic mass is 15.2. The molecule has 2 aromatic rings. The molecule has 4 heterocycles. The van der Waals surface area contributed by atoms with E-state index in [-0.39, 0.29) is 0 Å². The quantitative estimate of drug-likeness (QED) is 0.897. The molecule has 2 aromatic heterocycles. The van der Waals surface area contributed by atoms with Gasteiger partial charge in [-0.05, 0) is 31.5 Å². The third-order valence-electron chi connectivity index (χ3n) is 4.36. The topological polar surface area (TPSA) is 66.0 Å². The van der Waals surface area contributed by atoms with Crippen LogP contribution < -0.4 is 10.6 Å². The normalized spacial score (nSPS) is 21.0. The summed E-state index contributed by atoms with van der Waals surface area (Å²) in [5.74, 6) is 0.651. The van der Waals surface area contributed by atoms with E-state index in [1.165, 1.54) is 12.0 Å². The number of nitrogens with zero attached hydrogens (tertiary/aromatic N) is 4. The summed E-state index contributed by atoms with van der Waals surface area (Å²) in [6, 6.07) is 2.67. The van der Waals surface area contributed by atoms with Crippen LogP contribution >= 0.6 is 0 Å². The molecule has 6 heteroatoms. The van der Waals surface area contributed by atoms with Crippen molar-refractivity contribution in [2.24, 2.45) is 0 Å². The van der Waals surface area contributed by atoms with Crippen molar-refractivity contribution in [3.8, 4) is 0 Å². The second-order valence-electron chi connectivity index (χ2n) is 6.09. The number of nitrogens with one attached hydrogen (secondary N) is 2. The summed E-state index contributed by atoms with van der Waals surface area (Å²) in [5.41, 5.74) is 4.44. The zero-order chi connectivity index (χ0) is 14.9. The van der Waals surface area contributed by atoms with Gasteiger partial charge in [0.2, 0.25) is 5.95 Å². The monoisotopic (exact) mass is 296 g/mol. The molecule has 0 saturated carbocycles. The fourth-order valence-corrected chi connectivity index (χ4v) is 3.20. The minimum atomic E-state index is 0.631. The van der Waals surface area contributed by atoms with Gasteiger partial charge in [-0.2, -0.15) is 0 Å². The highest BCUT2D eigenvalue weighted by Crippen LogP contribution is 2.26. The maximum absolute atomic E-state index is 4.69. The molecular formula is C16H20N6. The number of pyridine rings is 1. The van der Waals surface area contributed by atoms with E-state index in [1.807, 2.05) is 25.4 Å². The van der Waals surface area contributed by atoms with Crippen molar-refractivity contribution in [3.05, 3.63) is 41.5 Å². The SMILES string of the molecule is Cc1cncc(Nc2ncc3c(n2)CN(C2CCNC2)C3)c1. The van der Waals surface area contributed by atoms with E-state index in [9.17, 15) is 0 Å². The van der Waals surface area contributed by atoms with Crippen molar-refractivity contribution in [1.82, 2.24) is 25.2 Å². The molecule has 0 aromatic carbocycles. The summed E-state index contributed by atoms with van der Waals surface area (Å²) in [6.07, 6.45) is 6.81. The van der Waals surface area contributed by atoms with E-state index >= 15 is 0 Å². The van der Waals surface area contributed by atoms with Crippen LogP contribution in [-0.2, 0) is 13.1 Å². The van der Waals surface area contributed by atoms with Crippen molar-refractivity contribution < 1.29 is 0 Å². The Morgan fingerprint density at radius 3 is 3.05 bits per heavy atom. The van der Waals surface area contributed by atoms with Crippen LogP contribution in [0.1, 0.15) is 23.2 Å². The third-order valence-corrected chi connectivity index (χ3v) is 4.36. The first-order chi connectivity index (χ1) is 10.8. The van der Waals surface area contributed by atoms with Crippen molar-refractivity contribution in [2.45, 2.75) is 32.5 Å². The van der Waals surface area contributed by atoms with Gasteiger partial charge in [-0.1, -0.05) is 0 Å². The fraction of sp³-hybridized carbons (Fsp3) is 0.438. The first kappa shape index (κ1) is 13.6. The average molecular weight is 296 g/mol. The zero-order valence-electron chi connectivity index (χ0n) is 12.7. The number of aromatic nitrogens is 3. The van der Waals surface area contributed by atoms with Crippen LogP contribution in [0.5, 0.6) is 0 Å². The van der Waals surface area contributed by atoms with Crippen LogP contribution in [0.15, 0.2) is 24.7 Å². The second-order valence-corrected chi connectivity index (χ2v) is 6.09. The molecule has 114 valence electrons. The van der Waals surface area contributed by atoms with Crippen molar-refractivity contribution >= 4 is 11.6 Å². The highest BCUT2D eigenvalue weighted by Gasteiger charge is 2.29. The zero-order valence-corrected chi connectivity index (χ0v) is 12.7. The summed E-state index contributed by atoms with van der Waals surface area (Å²) in [6.45, 7) is 6.12. The van der Waals surface area contributed by atoms with Crippen LogP contribution in [0.2, 0.25) is 0 Å². The summed E-state index contributed by atoms with van der Waals surface area (Å²) in [5, 5.41) is 6.67. The van der Waals surface area contributed by atoms with Crippen molar-refractivity contribution in [2.75, 3.05) is 18.4 Å². The number of anilines is 2. The summed E-state index contributed by atoms with van der Waals surface area (Å²) in [4.78, 5) is 15.8. The molecule has 6 nitrogen and oxygen atoms in total. The summed E-state index contributed by atoms with van der Waals surface area (Å²) < 4.78 is 0. The Hall–Kier alpha value is -2.05. The smallest absolute Gasteiger partial charge is 0.227 e. The lowest BCUT2D eigenvalue weighted by Crippen LogP contribution is -2.32. The highest BCUT2D eigenvalue weighted by molar-refractivity contribution is 5.52. The first-order valence-corrected chi connectivity index (χ1v) is 7.76. The van der Waals surface area contributed by atoms with Crippen molar-refractivity contribution in [1.29, 1.82) is 0 Å². The van der Waals surface area contributed by atoms with Gasteiger partial charge in [0, 0.05) is 43.6 Å². The van der Waals surface area contributed by atoms with Crippen LogP contribution in [-0.4, -0.2) is 39.0 Å². The lowest BCUT2D eigenvalue weighted by molar-refractivity contribution is 0.211. The molecule has 1 unspecified atom stereocenters. The van der Waals surface area contributed by atoms with E-state index in [1.54, 1.807) is 6.20 Å². The number of fused-ring (bicyclic) bond motifs is 1. The fourth-order valence-electron chi connectivity index (χ4n) is 3.20. The predicted octanol–water partition coefficient (Wildman–Crippen LogP) is 1.60. The molecule has 0 spiro atoms. The Morgan fingerprint density at radius 2 is 2.23 bits per heavy atom. The molecule has 1 saturated heterocycles. The van der Waals surface area contributed by atoms with Gasteiger partial charge in [-0.25, -0.2) is 9.97 Å². The second kappa shape index (κ2) is 5.62. The van der Waals surface area contributed by atoms with Gasteiger partial charge in [0.05, 0.1) is 17.6 Å². The summed E-state index contributed by atoms with van der Waals surface area (Å²) >= 11 is 0. The summed E-state index contributed by atoms with van der Waals surface area (Å²) in [7, 11) is 0. The van der Waals surface area contributed by atoms with Crippen LogP contribution in [0.25, 0.3) is 0 Å². The molecule has 1 fully saturated rings. The third kappa shape index (κ3) is 2.67. The number of hydrogen-bond donors (Lipinski definition) is 2. The van der Waals surface area contributed by atoms with E-state index in [0.29, 0.717) is 12.0 Å². The number of hydrogen-bond acceptors (Lipinski definition) is 6. The largest absolute Gasteiger partial charge is 0.323 e. The molecule has 0 bridgehead atoms. The van der Waals surface area contributed by atoms with Gasteiger partial charge in [0.1, 0.15) is 0 Å². The van der Waals surface area contributed by atoms with Crippen LogP contribution in [0.3, 0.4) is 0 Å². The molecule has 0 radical (unpaired) electrons. The Balaban J connectivity index is 1.50. The van der Waals surface area contributed by atoms with Gasteiger partial charge in [-0.3, -0.25) is 9.88 Å². The molecule has 2 aliphatic heterocycles. The van der Waals surface area contributed by atoms with Gasteiger partial charge in [-0.15, -0.1) is 0 Å². The van der Waals surface area contributed by atoms with Gasteiger partial charge in [0.25, 0.3) is 0 Å². The molecule has 2 aliphatic rings.